The first-order chi connectivity index (χ1) is 7.29. The Morgan fingerprint density at radius 3 is 2.67 bits per heavy atom. The summed E-state index contributed by atoms with van der Waals surface area (Å²) in [7, 11) is 0. The molecule has 0 fully saturated rings. The molecule has 1 aliphatic rings. The number of allylic oxidation sites excluding steroid dienone is 1. The Morgan fingerprint density at radius 1 is 1.27 bits per heavy atom. The average Bonchev–Trinajstić information content (AvgIpc) is 2.68. The van der Waals surface area contributed by atoms with Crippen molar-refractivity contribution in [2.45, 2.75) is 19.8 Å². The monoisotopic (exact) mass is 203 g/mol. The second-order valence-corrected chi connectivity index (χ2v) is 3.76. The van der Waals surface area contributed by atoms with Gasteiger partial charge in [0.05, 0.1) is 12.3 Å². The van der Waals surface area contributed by atoms with Crippen molar-refractivity contribution in [2.75, 3.05) is 6.54 Å². The summed E-state index contributed by atoms with van der Waals surface area (Å²) in [6.45, 7) is 2.97. The molecule has 0 amide bonds. The molecule has 15 heavy (non-hydrogen) atoms. The van der Waals surface area contributed by atoms with Gasteiger partial charge < -0.3 is 0 Å². The van der Waals surface area contributed by atoms with E-state index in [2.05, 4.69) is 18.0 Å². The fraction of sp³-hybridized carbons (Fsp3) is 0.308. The van der Waals surface area contributed by atoms with Gasteiger partial charge in [0.2, 0.25) is 0 Å². The number of benzene rings is 1. The van der Waals surface area contributed by atoms with Crippen LogP contribution in [0.4, 0.5) is 4.39 Å². The molecule has 2 rings (SSSR count). The van der Waals surface area contributed by atoms with Gasteiger partial charge in [-0.15, -0.1) is 0 Å². The summed E-state index contributed by atoms with van der Waals surface area (Å²) in [5, 5.41) is 0. The summed E-state index contributed by atoms with van der Waals surface area (Å²) in [5.41, 5.74) is 3.36. The lowest BCUT2D eigenvalue weighted by Crippen LogP contribution is -1.93. The van der Waals surface area contributed by atoms with Crippen molar-refractivity contribution in [1.29, 1.82) is 0 Å². The molecule has 1 aliphatic heterocycles. The Balaban J connectivity index is 2.16. The van der Waals surface area contributed by atoms with Gasteiger partial charge in [-0.25, -0.2) is 4.39 Å². The first kappa shape index (κ1) is 10.1. The van der Waals surface area contributed by atoms with E-state index in [9.17, 15) is 4.39 Å². The van der Waals surface area contributed by atoms with Crippen LogP contribution < -0.4 is 0 Å². The highest BCUT2D eigenvalue weighted by Crippen LogP contribution is 2.16. The van der Waals surface area contributed by atoms with Crippen molar-refractivity contribution in [3.63, 3.8) is 0 Å². The lowest BCUT2D eigenvalue weighted by Gasteiger charge is -1.97. The third-order valence-corrected chi connectivity index (χ3v) is 2.50. The topological polar surface area (TPSA) is 12.4 Å². The third kappa shape index (κ3) is 2.32. The number of aliphatic imine (C=N–C) groups is 1. The number of hydrogen-bond donors (Lipinski definition) is 0. The van der Waals surface area contributed by atoms with Crippen LogP contribution in [0.3, 0.4) is 0 Å². The minimum atomic E-state index is -0.199. The van der Waals surface area contributed by atoms with Crippen LogP contribution in [0.25, 0.3) is 0 Å². The van der Waals surface area contributed by atoms with Gasteiger partial charge in [-0.05, 0) is 47.9 Å². The summed E-state index contributed by atoms with van der Waals surface area (Å²) < 4.78 is 12.7. The van der Waals surface area contributed by atoms with Crippen LogP contribution >= 0.6 is 0 Å². The predicted molar refractivity (Wildman–Crippen MR) is 60.8 cm³/mol. The average molecular weight is 203 g/mol. The van der Waals surface area contributed by atoms with E-state index in [4.69, 9.17) is 0 Å². The molecule has 0 spiro atoms. The highest BCUT2D eigenvalue weighted by Gasteiger charge is 2.09. The SMILES string of the molecule is CCCC1=CC(c2ccc(F)cc2)=NC1. The molecule has 1 heterocycles. The standard InChI is InChI=1S/C13H14FN/c1-2-3-10-8-13(15-9-10)11-4-6-12(14)7-5-11/h4-8H,2-3,9H2,1H3. The highest BCUT2D eigenvalue weighted by molar-refractivity contribution is 6.10. The van der Waals surface area contributed by atoms with E-state index in [0.717, 1.165) is 30.7 Å². The number of hydrogen-bond acceptors (Lipinski definition) is 1. The molecule has 1 nitrogen and oxygen atoms in total. The number of halogens is 1. The maximum Gasteiger partial charge on any atom is 0.123 e. The largest absolute Gasteiger partial charge is 0.280 e. The lowest BCUT2D eigenvalue weighted by molar-refractivity contribution is 0.628. The number of nitrogens with zero attached hydrogens (tertiary/aromatic N) is 1. The molecular formula is C13H14FN. The third-order valence-electron chi connectivity index (χ3n) is 2.50. The summed E-state index contributed by atoms with van der Waals surface area (Å²) in [4.78, 5) is 4.44. The van der Waals surface area contributed by atoms with Gasteiger partial charge in [-0.1, -0.05) is 13.3 Å². The van der Waals surface area contributed by atoms with E-state index in [1.54, 1.807) is 12.1 Å². The van der Waals surface area contributed by atoms with Gasteiger partial charge in [-0.3, -0.25) is 4.99 Å². The fourth-order valence-electron chi connectivity index (χ4n) is 1.74. The molecular weight excluding hydrogens is 189 g/mol. The van der Waals surface area contributed by atoms with Crippen LogP contribution in [-0.4, -0.2) is 12.3 Å². The minimum Gasteiger partial charge on any atom is -0.280 e. The first-order valence-corrected chi connectivity index (χ1v) is 5.29. The Bertz CT molecular complexity index is 401. The molecule has 0 unspecified atom stereocenters. The van der Waals surface area contributed by atoms with E-state index < -0.39 is 0 Å². The Kier molecular flexibility index (Phi) is 2.95. The van der Waals surface area contributed by atoms with Crippen LogP contribution in [-0.2, 0) is 0 Å². The second-order valence-electron chi connectivity index (χ2n) is 3.76. The molecule has 0 atom stereocenters. The zero-order valence-corrected chi connectivity index (χ0v) is 8.83. The second kappa shape index (κ2) is 4.39. The summed E-state index contributed by atoms with van der Waals surface area (Å²) in [6.07, 6.45) is 4.38. The van der Waals surface area contributed by atoms with Crippen LogP contribution in [0.15, 0.2) is 40.9 Å². The summed E-state index contributed by atoms with van der Waals surface area (Å²) >= 11 is 0. The molecule has 0 radical (unpaired) electrons. The van der Waals surface area contributed by atoms with Crippen LogP contribution in [0.5, 0.6) is 0 Å². The van der Waals surface area contributed by atoms with E-state index in [-0.39, 0.29) is 5.82 Å². The maximum absolute atomic E-state index is 12.7. The maximum atomic E-state index is 12.7. The molecule has 1 aromatic rings. The molecule has 2 heteroatoms. The smallest absolute Gasteiger partial charge is 0.123 e. The van der Waals surface area contributed by atoms with Crippen molar-refractivity contribution in [1.82, 2.24) is 0 Å². The van der Waals surface area contributed by atoms with E-state index in [1.807, 2.05) is 0 Å². The minimum absolute atomic E-state index is 0.199. The van der Waals surface area contributed by atoms with Crippen molar-refractivity contribution in [3.05, 3.63) is 47.3 Å². The molecule has 1 aromatic carbocycles. The van der Waals surface area contributed by atoms with Gasteiger partial charge in [0.15, 0.2) is 0 Å². The molecule has 0 aliphatic carbocycles. The normalized spacial score (nSPS) is 15.1. The Labute approximate surface area is 89.4 Å². The Hall–Kier alpha value is -1.44. The van der Waals surface area contributed by atoms with Crippen LogP contribution in [0.1, 0.15) is 25.3 Å². The molecule has 0 N–H and O–H groups in total. The van der Waals surface area contributed by atoms with E-state index >= 15 is 0 Å². The van der Waals surface area contributed by atoms with Gasteiger partial charge in [0.25, 0.3) is 0 Å². The fourth-order valence-corrected chi connectivity index (χ4v) is 1.74. The van der Waals surface area contributed by atoms with Crippen molar-refractivity contribution < 1.29 is 4.39 Å². The van der Waals surface area contributed by atoms with Crippen LogP contribution in [0.2, 0.25) is 0 Å². The van der Waals surface area contributed by atoms with Gasteiger partial charge in [0, 0.05) is 0 Å². The van der Waals surface area contributed by atoms with Crippen molar-refractivity contribution in [2.24, 2.45) is 4.99 Å². The summed E-state index contributed by atoms with van der Waals surface area (Å²) in [6, 6.07) is 6.51. The van der Waals surface area contributed by atoms with Crippen molar-refractivity contribution >= 4 is 5.71 Å². The molecule has 78 valence electrons. The van der Waals surface area contributed by atoms with E-state index in [0.29, 0.717) is 0 Å². The highest BCUT2D eigenvalue weighted by atomic mass is 19.1. The lowest BCUT2D eigenvalue weighted by atomic mass is 10.1. The zero-order chi connectivity index (χ0) is 10.7. The van der Waals surface area contributed by atoms with Crippen molar-refractivity contribution in [3.8, 4) is 0 Å². The number of rotatable bonds is 3. The van der Waals surface area contributed by atoms with Gasteiger partial charge in [0.1, 0.15) is 5.82 Å². The van der Waals surface area contributed by atoms with E-state index in [1.165, 1.54) is 17.7 Å². The quantitative estimate of drug-likeness (QED) is 0.714. The Morgan fingerprint density at radius 2 is 2.00 bits per heavy atom. The molecule has 0 saturated carbocycles. The molecule has 0 saturated heterocycles. The van der Waals surface area contributed by atoms with Gasteiger partial charge >= 0.3 is 0 Å². The summed E-state index contributed by atoms with van der Waals surface area (Å²) in [5.74, 6) is -0.199. The van der Waals surface area contributed by atoms with Crippen LogP contribution in [0, 0.1) is 5.82 Å². The predicted octanol–water partition coefficient (Wildman–Crippen LogP) is 3.35. The zero-order valence-electron chi connectivity index (χ0n) is 8.83. The first-order valence-electron chi connectivity index (χ1n) is 5.29. The molecule has 0 aromatic heterocycles. The molecule has 0 bridgehead atoms. The van der Waals surface area contributed by atoms with Gasteiger partial charge in [-0.2, -0.15) is 0 Å².